The van der Waals surface area contributed by atoms with E-state index in [9.17, 15) is 0 Å². The predicted octanol–water partition coefficient (Wildman–Crippen LogP) is 1.71. The molecule has 0 aliphatic carbocycles. The van der Waals surface area contributed by atoms with E-state index in [1.54, 1.807) is 0 Å². The van der Waals surface area contributed by atoms with Crippen LogP contribution < -0.4 is 10.6 Å². The molecule has 1 aliphatic heterocycles. The third-order valence-corrected chi connectivity index (χ3v) is 4.15. The van der Waals surface area contributed by atoms with Gasteiger partial charge in [0.25, 0.3) is 0 Å². The number of aliphatic imine (C=N–C) groups is 1. The first-order chi connectivity index (χ1) is 11.3. The molecule has 0 amide bonds. The minimum absolute atomic E-state index is 0.656. The molecular weight excluding hydrogens is 288 g/mol. The van der Waals surface area contributed by atoms with Crippen molar-refractivity contribution in [3.8, 4) is 0 Å². The van der Waals surface area contributed by atoms with E-state index in [1.165, 1.54) is 31.5 Å². The Morgan fingerprint density at radius 3 is 2.87 bits per heavy atom. The lowest BCUT2D eigenvalue weighted by Gasteiger charge is -2.30. The molecule has 5 heteroatoms. The summed E-state index contributed by atoms with van der Waals surface area (Å²) in [6.45, 7) is 5.46. The molecule has 0 saturated carbocycles. The van der Waals surface area contributed by atoms with Crippen molar-refractivity contribution in [2.45, 2.75) is 19.4 Å². The first-order valence-electron chi connectivity index (χ1n) is 8.52. The Bertz CT molecular complexity index is 463. The van der Waals surface area contributed by atoms with E-state index in [1.807, 2.05) is 25.2 Å². The smallest absolute Gasteiger partial charge is 0.191 e. The van der Waals surface area contributed by atoms with Gasteiger partial charge in [0.15, 0.2) is 5.96 Å². The van der Waals surface area contributed by atoms with Crippen molar-refractivity contribution in [2.75, 3.05) is 46.9 Å². The Hall–Kier alpha value is -1.59. The van der Waals surface area contributed by atoms with Crippen molar-refractivity contribution in [1.29, 1.82) is 0 Å². The van der Waals surface area contributed by atoms with E-state index in [2.05, 4.69) is 39.7 Å². The molecule has 23 heavy (non-hydrogen) atoms. The van der Waals surface area contributed by atoms with Crippen LogP contribution in [-0.4, -0.2) is 57.7 Å². The molecule has 1 atom stereocenters. The van der Waals surface area contributed by atoms with Crippen molar-refractivity contribution in [3.63, 3.8) is 0 Å². The number of hydrogen-bond acceptors (Lipinski definition) is 3. The maximum atomic E-state index is 5.67. The highest BCUT2D eigenvalue weighted by atomic mass is 16.5. The average molecular weight is 318 g/mol. The molecule has 5 nitrogen and oxygen atoms in total. The van der Waals surface area contributed by atoms with E-state index in [-0.39, 0.29) is 0 Å². The third-order valence-electron chi connectivity index (χ3n) is 4.15. The SMILES string of the molecule is CN=C(NCCOCc1ccccc1)NCC1CCCN(C)C1. The van der Waals surface area contributed by atoms with Crippen molar-refractivity contribution in [1.82, 2.24) is 15.5 Å². The summed E-state index contributed by atoms with van der Waals surface area (Å²) < 4.78 is 5.67. The molecule has 1 aliphatic rings. The molecule has 1 fully saturated rings. The zero-order chi connectivity index (χ0) is 16.3. The molecule has 128 valence electrons. The van der Waals surface area contributed by atoms with Crippen LogP contribution in [0, 0.1) is 5.92 Å². The fraction of sp³-hybridized carbons (Fsp3) is 0.611. The first-order valence-corrected chi connectivity index (χ1v) is 8.52. The summed E-state index contributed by atoms with van der Waals surface area (Å²) in [6, 6.07) is 10.2. The maximum Gasteiger partial charge on any atom is 0.191 e. The van der Waals surface area contributed by atoms with Crippen molar-refractivity contribution < 1.29 is 4.74 Å². The number of nitrogens with one attached hydrogen (secondary N) is 2. The number of hydrogen-bond donors (Lipinski definition) is 2. The van der Waals surface area contributed by atoms with Crippen molar-refractivity contribution in [2.24, 2.45) is 10.9 Å². The van der Waals surface area contributed by atoms with Gasteiger partial charge in [0.2, 0.25) is 0 Å². The maximum absolute atomic E-state index is 5.67. The third kappa shape index (κ3) is 7.01. The lowest BCUT2D eigenvalue weighted by atomic mass is 9.99. The minimum Gasteiger partial charge on any atom is -0.375 e. The Balaban J connectivity index is 1.56. The summed E-state index contributed by atoms with van der Waals surface area (Å²) in [4.78, 5) is 6.68. The van der Waals surface area contributed by atoms with E-state index >= 15 is 0 Å². The van der Waals surface area contributed by atoms with Gasteiger partial charge in [0.1, 0.15) is 0 Å². The second-order valence-corrected chi connectivity index (χ2v) is 6.19. The molecule has 1 heterocycles. The molecule has 2 N–H and O–H groups in total. The van der Waals surface area contributed by atoms with Gasteiger partial charge < -0.3 is 20.3 Å². The molecular formula is C18H30N4O. The van der Waals surface area contributed by atoms with Crippen LogP contribution >= 0.6 is 0 Å². The highest BCUT2D eigenvalue weighted by molar-refractivity contribution is 5.79. The van der Waals surface area contributed by atoms with Gasteiger partial charge in [-0.05, 0) is 37.9 Å². The summed E-state index contributed by atoms with van der Waals surface area (Å²) in [5.41, 5.74) is 1.21. The van der Waals surface area contributed by atoms with Crippen LogP contribution in [0.3, 0.4) is 0 Å². The number of rotatable bonds is 7. The van der Waals surface area contributed by atoms with Crippen molar-refractivity contribution in [3.05, 3.63) is 35.9 Å². The summed E-state index contributed by atoms with van der Waals surface area (Å²) in [5, 5.41) is 6.73. The fourth-order valence-electron chi connectivity index (χ4n) is 2.91. The summed E-state index contributed by atoms with van der Waals surface area (Å²) >= 11 is 0. The van der Waals surface area contributed by atoms with Crippen LogP contribution in [0.2, 0.25) is 0 Å². The van der Waals surface area contributed by atoms with Crippen molar-refractivity contribution >= 4 is 5.96 Å². The predicted molar refractivity (Wildman–Crippen MR) is 95.7 cm³/mol. The summed E-state index contributed by atoms with van der Waals surface area (Å²) in [7, 11) is 4.01. The highest BCUT2D eigenvalue weighted by Crippen LogP contribution is 2.13. The minimum atomic E-state index is 0.656. The van der Waals surface area contributed by atoms with Crippen LogP contribution in [0.4, 0.5) is 0 Å². The Labute approximate surface area is 140 Å². The zero-order valence-electron chi connectivity index (χ0n) is 14.4. The quantitative estimate of drug-likeness (QED) is 0.456. The number of benzene rings is 1. The van der Waals surface area contributed by atoms with Crippen LogP contribution in [0.15, 0.2) is 35.3 Å². The molecule has 1 saturated heterocycles. The van der Waals surface area contributed by atoms with Crippen LogP contribution in [0.1, 0.15) is 18.4 Å². The lowest BCUT2D eigenvalue weighted by Crippen LogP contribution is -2.44. The number of likely N-dealkylation sites (tertiary alicyclic amines) is 1. The van der Waals surface area contributed by atoms with Gasteiger partial charge >= 0.3 is 0 Å². The average Bonchev–Trinajstić information content (AvgIpc) is 2.58. The topological polar surface area (TPSA) is 48.9 Å². The summed E-state index contributed by atoms with van der Waals surface area (Å²) in [6.07, 6.45) is 2.59. The second-order valence-electron chi connectivity index (χ2n) is 6.19. The normalized spacial score (nSPS) is 19.6. The summed E-state index contributed by atoms with van der Waals surface area (Å²) in [5.74, 6) is 1.57. The van der Waals surface area contributed by atoms with E-state index in [4.69, 9.17) is 4.74 Å². The van der Waals surface area contributed by atoms with Gasteiger partial charge in [-0.15, -0.1) is 0 Å². The standard InChI is InChI=1S/C18H30N4O/c1-19-18(21-13-17-9-6-11-22(2)14-17)20-10-12-23-15-16-7-4-3-5-8-16/h3-5,7-8,17H,6,9-15H2,1-2H3,(H2,19,20,21). The molecule has 2 rings (SSSR count). The van der Waals surface area contributed by atoms with E-state index < -0.39 is 0 Å². The molecule has 0 aromatic heterocycles. The van der Waals surface area contributed by atoms with Crippen LogP contribution in [-0.2, 0) is 11.3 Å². The Morgan fingerprint density at radius 2 is 2.13 bits per heavy atom. The van der Waals surface area contributed by atoms with Gasteiger partial charge in [0, 0.05) is 26.7 Å². The number of nitrogens with zero attached hydrogens (tertiary/aromatic N) is 2. The van der Waals surface area contributed by atoms with Gasteiger partial charge in [-0.3, -0.25) is 4.99 Å². The number of ether oxygens (including phenoxy) is 1. The van der Waals surface area contributed by atoms with E-state index in [0.717, 1.165) is 19.0 Å². The van der Waals surface area contributed by atoms with Gasteiger partial charge in [-0.2, -0.15) is 0 Å². The number of guanidine groups is 1. The highest BCUT2D eigenvalue weighted by Gasteiger charge is 2.17. The molecule has 1 unspecified atom stereocenters. The zero-order valence-corrected chi connectivity index (χ0v) is 14.4. The first kappa shape index (κ1) is 17.8. The van der Waals surface area contributed by atoms with Gasteiger partial charge in [-0.1, -0.05) is 30.3 Å². The number of piperidine rings is 1. The second kappa shape index (κ2) is 10.2. The Kier molecular flexibility index (Phi) is 7.90. The lowest BCUT2D eigenvalue weighted by molar-refractivity contribution is 0.125. The Morgan fingerprint density at radius 1 is 1.30 bits per heavy atom. The fourth-order valence-corrected chi connectivity index (χ4v) is 2.91. The van der Waals surface area contributed by atoms with Gasteiger partial charge in [0.05, 0.1) is 13.2 Å². The molecule has 1 aromatic rings. The molecule has 0 bridgehead atoms. The van der Waals surface area contributed by atoms with E-state index in [0.29, 0.717) is 19.1 Å². The van der Waals surface area contributed by atoms with Gasteiger partial charge in [-0.25, -0.2) is 0 Å². The molecule has 1 aromatic carbocycles. The van der Waals surface area contributed by atoms with Crippen LogP contribution in [0.5, 0.6) is 0 Å². The largest absolute Gasteiger partial charge is 0.375 e. The molecule has 0 spiro atoms. The van der Waals surface area contributed by atoms with Crippen LogP contribution in [0.25, 0.3) is 0 Å². The monoisotopic (exact) mass is 318 g/mol. The molecule has 0 radical (unpaired) electrons.